The second-order valence-electron chi connectivity index (χ2n) is 6.47. The van der Waals surface area contributed by atoms with E-state index in [1.807, 2.05) is 6.07 Å². The Morgan fingerprint density at radius 2 is 1.73 bits per heavy atom. The molecule has 1 saturated heterocycles. The molecule has 2 aliphatic rings. The lowest BCUT2D eigenvalue weighted by Crippen LogP contribution is -2.34. The lowest BCUT2D eigenvalue weighted by Gasteiger charge is -2.29. The van der Waals surface area contributed by atoms with Crippen LogP contribution in [0, 0.1) is 5.92 Å². The number of ether oxygens (including phenoxy) is 2. The lowest BCUT2D eigenvalue weighted by molar-refractivity contribution is -0.228. The first kappa shape index (κ1) is 14.0. The summed E-state index contributed by atoms with van der Waals surface area (Å²) in [4.78, 5) is 0. The summed E-state index contributed by atoms with van der Waals surface area (Å²) in [6.45, 7) is 1.47. The fourth-order valence-electron chi connectivity index (χ4n) is 3.98. The normalized spacial score (nSPS) is 30.4. The molecule has 0 unspecified atom stereocenters. The van der Waals surface area contributed by atoms with E-state index in [0.29, 0.717) is 18.4 Å². The van der Waals surface area contributed by atoms with Gasteiger partial charge in [0, 0.05) is 12.3 Å². The molecular formula is C20H22O2. The molecule has 2 heteroatoms. The van der Waals surface area contributed by atoms with Gasteiger partial charge in [-0.15, -0.1) is 0 Å². The van der Waals surface area contributed by atoms with Gasteiger partial charge in [-0.25, -0.2) is 0 Å². The Kier molecular flexibility index (Phi) is 3.73. The number of hydrogen-bond acceptors (Lipinski definition) is 2. The third kappa shape index (κ3) is 2.57. The molecule has 0 aromatic heterocycles. The van der Waals surface area contributed by atoms with Gasteiger partial charge in [-0.2, -0.15) is 0 Å². The third-order valence-electron chi connectivity index (χ3n) is 5.13. The van der Waals surface area contributed by atoms with E-state index in [-0.39, 0.29) is 5.79 Å². The van der Waals surface area contributed by atoms with E-state index >= 15 is 0 Å². The van der Waals surface area contributed by atoms with Crippen LogP contribution in [0.3, 0.4) is 0 Å². The summed E-state index contributed by atoms with van der Waals surface area (Å²) in [5, 5.41) is 0. The molecule has 114 valence electrons. The van der Waals surface area contributed by atoms with E-state index in [4.69, 9.17) is 9.47 Å². The van der Waals surface area contributed by atoms with E-state index in [0.717, 1.165) is 19.4 Å². The monoisotopic (exact) mass is 294 g/mol. The number of rotatable bonds is 4. The summed E-state index contributed by atoms with van der Waals surface area (Å²) in [6.07, 6.45) is 3.28. The molecule has 1 heterocycles. The van der Waals surface area contributed by atoms with Crippen molar-refractivity contribution in [2.75, 3.05) is 6.61 Å². The molecule has 0 amide bonds. The average Bonchev–Trinajstić information content (AvgIpc) is 3.12. The van der Waals surface area contributed by atoms with Crippen LogP contribution in [0.2, 0.25) is 0 Å². The Bertz CT molecular complexity index is 610. The maximum Gasteiger partial charge on any atom is 0.172 e. The van der Waals surface area contributed by atoms with Gasteiger partial charge in [-0.05, 0) is 29.9 Å². The summed E-state index contributed by atoms with van der Waals surface area (Å²) in [5.74, 6) is 0.722. The quantitative estimate of drug-likeness (QED) is 0.825. The van der Waals surface area contributed by atoms with Crippen LogP contribution < -0.4 is 0 Å². The van der Waals surface area contributed by atoms with Gasteiger partial charge >= 0.3 is 0 Å². The zero-order chi connectivity index (χ0) is 14.8. The van der Waals surface area contributed by atoms with Crippen LogP contribution >= 0.6 is 0 Å². The molecule has 22 heavy (non-hydrogen) atoms. The largest absolute Gasteiger partial charge is 0.350 e. The highest BCUT2D eigenvalue weighted by Crippen LogP contribution is 2.52. The summed E-state index contributed by atoms with van der Waals surface area (Å²) in [7, 11) is 0. The van der Waals surface area contributed by atoms with Crippen molar-refractivity contribution in [3.8, 4) is 0 Å². The van der Waals surface area contributed by atoms with Crippen molar-refractivity contribution < 1.29 is 9.47 Å². The summed E-state index contributed by atoms with van der Waals surface area (Å²) in [6, 6.07) is 21.2. The Labute approximate surface area is 132 Å². The van der Waals surface area contributed by atoms with Crippen LogP contribution in [0.4, 0.5) is 0 Å². The zero-order valence-electron chi connectivity index (χ0n) is 12.8. The first-order valence-electron chi connectivity index (χ1n) is 8.22. The molecule has 1 aliphatic heterocycles. The van der Waals surface area contributed by atoms with Crippen LogP contribution in [-0.2, 0) is 16.1 Å². The second-order valence-corrected chi connectivity index (χ2v) is 6.47. The lowest BCUT2D eigenvalue weighted by atomic mass is 9.96. The van der Waals surface area contributed by atoms with Gasteiger partial charge < -0.3 is 9.47 Å². The first-order valence-corrected chi connectivity index (χ1v) is 8.22. The van der Waals surface area contributed by atoms with Crippen LogP contribution in [0.1, 0.15) is 36.3 Å². The Morgan fingerprint density at radius 3 is 2.50 bits per heavy atom. The molecule has 0 bridgehead atoms. The minimum absolute atomic E-state index is 0.365. The average molecular weight is 294 g/mol. The molecule has 2 nitrogen and oxygen atoms in total. The van der Waals surface area contributed by atoms with E-state index in [2.05, 4.69) is 54.6 Å². The smallest absolute Gasteiger partial charge is 0.172 e. The van der Waals surface area contributed by atoms with Crippen molar-refractivity contribution in [2.24, 2.45) is 5.92 Å². The van der Waals surface area contributed by atoms with Gasteiger partial charge in [-0.3, -0.25) is 0 Å². The molecule has 1 saturated carbocycles. The highest BCUT2D eigenvalue weighted by atomic mass is 16.7. The molecule has 0 spiro atoms. The minimum atomic E-state index is -0.365. The van der Waals surface area contributed by atoms with Gasteiger partial charge in [0.1, 0.15) is 0 Å². The molecule has 0 radical (unpaired) electrons. The van der Waals surface area contributed by atoms with Gasteiger partial charge in [0.05, 0.1) is 13.2 Å². The number of hydrogen-bond donors (Lipinski definition) is 0. The van der Waals surface area contributed by atoms with E-state index in [9.17, 15) is 0 Å². The van der Waals surface area contributed by atoms with Crippen LogP contribution in [0.15, 0.2) is 60.7 Å². The van der Waals surface area contributed by atoms with Crippen LogP contribution in [-0.4, -0.2) is 12.4 Å². The van der Waals surface area contributed by atoms with Gasteiger partial charge in [0.25, 0.3) is 0 Å². The Balaban J connectivity index is 1.50. The van der Waals surface area contributed by atoms with Gasteiger partial charge in [-0.1, -0.05) is 60.7 Å². The molecule has 0 N–H and O–H groups in total. The Hall–Kier alpha value is -1.64. The SMILES string of the molecule is c1ccc(CO[C@@]23C[C@H](c4ccccc4)C[C@@H]2CCO3)cc1. The summed E-state index contributed by atoms with van der Waals surface area (Å²) < 4.78 is 12.4. The Morgan fingerprint density at radius 1 is 1.00 bits per heavy atom. The first-order chi connectivity index (χ1) is 10.9. The highest BCUT2D eigenvalue weighted by Gasteiger charge is 2.52. The molecule has 2 aromatic carbocycles. The predicted octanol–water partition coefficient (Wildman–Crippen LogP) is 4.51. The van der Waals surface area contributed by atoms with Crippen molar-refractivity contribution in [1.29, 1.82) is 0 Å². The van der Waals surface area contributed by atoms with Crippen LogP contribution in [0.25, 0.3) is 0 Å². The number of benzene rings is 2. The molecule has 2 fully saturated rings. The molecule has 3 atom stereocenters. The predicted molar refractivity (Wildman–Crippen MR) is 86.4 cm³/mol. The zero-order valence-corrected chi connectivity index (χ0v) is 12.8. The van der Waals surface area contributed by atoms with Gasteiger partial charge in [0.15, 0.2) is 5.79 Å². The number of fused-ring (bicyclic) bond motifs is 1. The molecule has 2 aromatic rings. The third-order valence-corrected chi connectivity index (χ3v) is 5.13. The topological polar surface area (TPSA) is 18.5 Å². The second kappa shape index (κ2) is 5.86. The fraction of sp³-hybridized carbons (Fsp3) is 0.400. The molecule has 1 aliphatic carbocycles. The maximum atomic E-state index is 6.33. The fourth-order valence-corrected chi connectivity index (χ4v) is 3.98. The van der Waals surface area contributed by atoms with Crippen molar-refractivity contribution in [2.45, 2.75) is 37.6 Å². The van der Waals surface area contributed by atoms with E-state index in [1.165, 1.54) is 17.5 Å². The summed E-state index contributed by atoms with van der Waals surface area (Å²) in [5.41, 5.74) is 2.64. The van der Waals surface area contributed by atoms with E-state index < -0.39 is 0 Å². The summed E-state index contributed by atoms with van der Waals surface area (Å²) >= 11 is 0. The van der Waals surface area contributed by atoms with Crippen molar-refractivity contribution in [3.05, 3.63) is 71.8 Å². The van der Waals surface area contributed by atoms with Crippen molar-refractivity contribution >= 4 is 0 Å². The van der Waals surface area contributed by atoms with Crippen molar-refractivity contribution in [3.63, 3.8) is 0 Å². The highest BCUT2D eigenvalue weighted by molar-refractivity contribution is 5.22. The molecular weight excluding hydrogens is 272 g/mol. The minimum Gasteiger partial charge on any atom is -0.350 e. The van der Waals surface area contributed by atoms with E-state index in [1.54, 1.807) is 0 Å². The maximum absolute atomic E-state index is 6.33. The molecule has 4 rings (SSSR count). The standard InChI is InChI=1S/C20H22O2/c1-3-7-16(8-4-1)15-22-20-14-18(13-19(20)11-12-21-20)17-9-5-2-6-10-17/h1-10,18-19H,11-15H2/t18-,19+,20+/m1/s1. The van der Waals surface area contributed by atoms with Crippen molar-refractivity contribution in [1.82, 2.24) is 0 Å². The van der Waals surface area contributed by atoms with Crippen LogP contribution in [0.5, 0.6) is 0 Å². The van der Waals surface area contributed by atoms with Gasteiger partial charge in [0.2, 0.25) is 0 Å².